The lowest BCUT2D eigenvalue weighted by Crippen LogP contribution is -2.56. The number of rotatable bonds is 5. The Morgan fingerprint density at radius 3 is 2.39 bits per heavy atom. The summed E-state index contributed by atoms with van der Waals surface area (Å²) >= 11 is 1.27. The van der Waals surface area contributed by atoms with Crippen LogP contribution in [-0.2, 0) is 4.79 Å². The molecule has 0 aliphatic heterocycles. The molecule has 5 rings (SSSR count). The van der Waals surface area contributed by atoms with E-state index in [1.807, 2.05) is 36.5 Å². The van der Waals surface area contributed by atoms with Crippen molar-refractivity contribution >= 4 is 28.5 Å². The van der Waals surface area contributed by atoms with Crippen LogP contribution in [0, 0.1) is 34.6 Å². The SMILES string of the molecule is CC(NC(=O)CSC(=Nc1ccccc1)NC#N)C12CC3CC(CC(C3)C1)C2. The van der Waals surface area contributed by atoms with Crippen molar-refractivity contribution in [1.29, 1.82) is 5.26 Å². The molecule has 1 aromatic carbocycles. The standard InChI is InChI=1S/C22H28N4OS/c1-15(22-10-16-7-17(11-22)9-18(8-16)12-22)25-20(27)13-28-21(24-14-23)26-19-5-3-2-4-6-19/h2-6,15-18H,7-13H2,1H3,(H,24,26)(H,25,27). The number of carbonyl (C=O) groups excluding carboxylic acids is 1. The fourth-order valence-electron chi connectivity index (χ4n) is 6.04. The van der Waals surface area contributed by atoms with Gasteiger partial charge >= 0.3 is 0 Å². The molecule has 1 unspecified atom stereocenters. The average Bonchev–Trinajstić information content (AvgIpc) is 2.66. The van der Waals surface area contributed by atoms with Crippen molar-refractivity contribution in [2.24, 2.45) is 28.2 Å². The summed E-state index contributed by atoms with van der Waals surface area (Å²) in [5, 5.41) is 15.3. The normalized spacial score (nSPS) is 31.9. The Bertz CT molecular complexity index is 750. The fourth-order valence-corrected chi connectivity index (χ4v) is 6.68. The van der Waals surface area contributed by atoms with E-state index >= 15 is 0 Å². The first-order chi connectivity index (χ1) is 13.6. The van der Waals surface area contributed by atoms with E-state index < -0.39 is 0 Å². The molecular formula is C22H28N4OS. The van der Waals surface area contributed by atoms with E-state index in [0.29, 0.717) is 10.6 Å². The highest BCUT2D eigenvalue weighted by atomic mass is 32.2. The van der Waals surface area contributed by atoms with Crippen molar-refractivity contribution < 1.29 is 4.79 Å². The topological polar surface area (TPSA) is 77.3 Å². The van der Waals surface area contributed by atoms with Crippen LogP contribution in [0.4, 0.5) is 5.69 Å². The number of thioether (sulfide) groups is 1. The van der Waals surface area contributed by atoms with Crippen LogP contribution in [0.2, 0.25) is 0 Å². The van der Waals surface area contributed by atoms with Gasteiger partial charge in [0.25, 0.3) is 0 Å². The highest BCUT2D eigenvalue weighted by Crippen LogP contribution is 2.61. The minimum atomic E-state index is 0.0220. The molecule has 1 amide bonds. The van der Waals surface area contributed by atoms with Gasteiger partial charge in [-0.05, 0) is 80.8 Å². The van der Waals surface area contributed by atoms with Crippen LogP contribution in [0.5, 0.6) is 0 Å². The van der Waals surface area contributed by atoms with Gasteiger partial charge < -0.3 is 5.32 Å². The van der Waals surface area contributed by atoms with Gasteiger partial charge in [-0.3, -0.25) is 10.1 Å². The van der Waals surface area contributed by atoms with Gasteiger partial charge in [-0.25, -0.2) is 4.99 Å². The van der Waals surface area contributed by atoms with Gasteiger partial charge in [-0.1, -0.05) is 30.0 Å². The van der Waals surface area contributed by atoms with Crippen molar-refractivity contribution in [2.45, 2.75) is 51.5 Å². The van der Waals surface area contributed by atoms with E-state index in [4.69, 9.17) is 5.26 Å². The summed E-state index contributed by atoms with van der Waals surface area (Å²) in [6.45, 7) is 2.20. The first-order valence-corrected chi connectivity index (χ1v) is 11.3. The molecule has 0 spiro atoms. The first kappa shape index (κ1) is 19.3. The number of carbonyl (C=O) groups is 1. The largest absolute Gasteiger partial charge is 0.352 e. The van der Waals surface area contributed by atoms with Crippen molar-refractivity contribution in [3.05, 3.63) is 30.3 Å². The number of hydrogen-bond acceptors (Lipinski definition) is 4. The van der Waals surface area contributed by atoms with Crippen LogP contribution in [0.25, 0.3) is 0 Å². The number of hydrogen-bond donors (Lipinski definition) is 2. The van der Waals surface area contributed by atoms with Crippen molar-refractivity contribution in [3.63, 3.8) is 0 Å². The molecule has 28 heavy (non-hydrogen) atoms. The van der Waals surface area contributed by atoms with E-state index in [2.05, 4.69) is 22.5 Å². The van der Waals surface area contributed by atoms with Crippen molar-refractivity contribution in [1.82, 2.24) is 10.6 Å². The zero-order valence-corrected chi connectivity index (χ0v) is 17.2. The van der Waals surface area contributed by atoms with Crippen LogP contribution in [0.3, 0.4) is 0 Å². The second-order valence-electron chi connectivity index (χ2n) is 8.85. The highest BCUT2D eigenvalue weighted by molar-refractivity contribution is 8.14. The minimum Gasteiger partial charge on any atom is -0.352 e. The van der Waals surface area contributed by atoms with Gasteiger partial charge in [0.15, 0.2) is 11.4 Å². The molecule has 0 radical (unpaired) electrons. The van der Waals surface area contributed by atoms with Crippen LogP contribution < -0.4 is 10.6 Å². The summed E-state index contributed by atoms with van der Waals surface area (Å²) in [6.07, 6.45) is 9.99. The second kappa shape index (κ2) is 8.16. The molecule has 2 N–H and O–H groups in total. The van der Waals surface area contributed by atoms with Crippen LogP contribution in [0.1, 0.15) is 45.4 Å². The summed E-state index contributed by atoms with van der Waals surface area (Å²) in [7, 11) is 0. The van der Waals surface area contributed by atoms with Crippen LogP contribution in [0.15, 0.2) is 35.3 Å². The summed E-state index contributed by atoms with van der Waals surface area (Å²) in [4.78, 5) is 17.0. The van der Waals surface area contributed by atoms with E-state index in [-0.39, 0.29) is 17.7 Å². The monoisotopic (exact) mass is 396 g/mol. The summed E-state index contributed by atoms with van der Waals surface area (Å²) in [5.41, 5.74) is 1.07. The maximum absolute atomic E-state index is 12.6. The number of amides is 1. The number of nitrogens with one attached hydrogen (secondary N) is 2. The third-order valence-corrected chi connectivity index (χ3v) is 7.74. The van der Waals surface area contributed by atoms with Crippen LogP contribution >= 0.6 is 11.8 Å². The van der Waals surface area contributed by atoms with Gasteiger partial charge in [0.05, 0.1) is 11.4 Å². The van der Waals surface area contributed by atoms with Crippen molar-refractivity contribution in [3.8, 4) is 6.19 Å². The molecule has 4 bridgehead atoms. The number of nitrogens with zero attached hydrogens (tertiary/aromatic N) is 2. The molecule has 4 aliphatic carbocycles. The Kier molecular flexibility index (Phi) is 5.63. The Labute approximate surface area is 171 Å². The second-order valence-corrected chi connectivity index (χ2v) is 9.81. The number of amidine groups is 1. The summed E-state index contributed by atoms with van der Waals surface area (Å²) in [6, 6.07) is 9.67. The third-order valence-electron chi connectivity index (χ3n) is 6.87. The predicted molar refractivity (Wildman–Crippen MR) is 113 cm³/mol. The van der Waals surface area contributed by atoms with E-state index in [9.17, 15) is 4.79 Å². The molecule has 6 heteroatoms. The molecule has 4 saturated carbocycles. The summed E-state index contributed by atoms with van der Waals surface area (Å²) in [5.74, 6) is 2.92. The fraction of sp³-hybridized carbons (Fsp3) is 0.591. The maximum atomic E-state index is 12.6. The Balaban J connectivity index is 1.34. The van der Waals surface area contributed by atoms with E-state index in [1.54, 1.807) is 0 Å². The number of benzene rings is 1. The Hall–Kier alpha value is -2.00. The lowest BCUT2D eigenvalue weighted by Gasteiger charge is -2.59. The predicted octanol–water partition coefficient (Wildman–Crippen LogP) is 4.20. The van der Waals surface area contributed by atoms with Gasteiger partial charge in [-0.15, -0.1) is 0 Å². The van der Waals surface area contributed by atoms with Crippen LogP contribution in [-0.4, -0.2) is 22.9 Å². The van der Waals surface area contributed by atoms with Gasteiger partial charge in [0.2, 0.25) is 5.91 Å². The summed E-state index contributed by atoms with van der Waals surface area (Å²) < 4.78 is 0. The average molecular weight is 397 g/mol. The molecule has 5 nitrogen and oxygen atoms in total. The lowest BCUT2D eigenvalue weighted by molar-refractivity contribution is -0.123. The van der Waals surface area contributed by atoms with Gasteiger partial charge in [0.1, 0.15) is 0 Å². The zero-order chi connectivity index (χ0) is 19.6. The third kappa shape index (κ3) is 4.20. The smallest absolute Gasteiger partial charge is 0.230 e. The highest BCUT2D eigenvalue weighted by Gasteiger charge is 2.53. The molecule has 0 saturated heterocycles. The molecule has 0 heterocycles. The molecule has 148 valence electrons. The number of para-hydroxylation sites is 1. The maximum Gasteiger partial charge on any atom is 0.230 e. The van der Waals surface area contributed by atoms with Crippen molar-refractivity contribution in [2.75, 3.05) is 5.75 Å². The quantitative estimate of drug-likeness (QED) is 0.338. The molecule has 1 aromatic rings. The minimum absolute atomic E-state index is 0.0220. The molecular weight excluding hydrogens is 368 g/mol. The first-order valence-electron chi connectivity index (χ1n) is 10.3. The molecule has 4 fully saturated rings. The lowest BCUT2D eigenvalue weighted by atomic mass is 9.48. The van der Waals surface area contributed by atoms with E-state index in [0.717, 1.165) is 23.4 Å². The Morgan fingerprint density at radius 1 is 1.21 bits per heavy atom. The Morgan fingerprint density at radius 2 is 1.82 bits per heavy atom. The molecule has 1 atom stereocenters. The number of aliphatic imine (C=N–C) groups is 1. The number of nitriles is 1. The van der Waals surface area contributed by atoms with Gasteiger partial charge in [-0.2, -0.15) is 5.26 Å². The molecule has 0 aromatic heterocycles. The zero-order valence-electron chi connectivity index (χ0n) is 16.4. The van der Waals surface area contributed by atoms with E-state index in [1.165, 1.54) is 50.3 Å². The molecule has 4 aliphatic rings. The van der Waals surface area contributed by atoms with Gasteiger partial charge in [0, 0.05) is 6.04 Å².